The lowest BCUT2D eigenvalue weighted by Crippen LogP contribution is -2.44. The fourth-order valence-corrected chi connectivity index (χ4v) is 5.53. The Labute approximate surface area is 181 Å². The third-order valence-electron chi connectivity index (χ3n) is 7.00. The Morgan fingerprint density at radius 2 is 1.17 bits per heavy atom. The van der Waals surface area contributed by atoms with Crippen molar-refractivity contribution in [3.05, 3.63) is 60.7 Å². The van der Waals surface area contributed by atoms with Crippen LogP contribution in [0.15, 0.2) is 60.7 Å². The zero-order valence-electron chi connectivity index (χ0n) is 18.0. The van der Waals surface area contributed by atoms with E-state index < -0.39 is 0 Å². The first-order valence-corrected chi connectivity index (χ1v) is 11.6. The SMILES string of the molecule is NC(=O)C(C1CCCCN(c2ccccc2)C1)C1CCCCN(c2ccccc2)C1. The number of hydrogen-bond donors (Lipinski definition) is 1. The van der Waals surface area contributed by atoms with Crippen molar-refractivity contribution in [3.63, 3.8) is 0 Å². The number of para-hydroxylation sites is 2. The van der Waals surface area contributed by atoms with Gasteiger partial charge >= 0.3 is 0 Å². The highest BCUT2D eigenvalue weighted by Gasteiger charge is 2.37. The molecule has 2 aliphatic rings. The highest BCUT2D eigenvalue weighted by molar-refractivity contribution is 5.77. The summed E-state index contributed by atoms with van der Waals surface area (Å²) in [5.74, 6) is 0.491. The van der Waals surface area contributed by atoms with Gasteiger partial charge in [0.1, 0.15) is 0 Å². The largest absolute Gasteiger partial charge is 0.371 e. The van der Waals surface area contributed by atoms with E-state index in [1.165, 1.54) is 37.1 Å². The number of amides is 1. The van der Waals surface area contributed by atoms with Crippen LogP contribution in [-0.4, -0.2) is 32.1 Å². The van der Waals surface area contributed by atoms with Gasteiger partial charge in [-0.15, -0.1) is 0 Å². The van der Waals surface area contributed by atoms with Gasteiger partial charge in [0.15, 0.2) is 0 Å². The molecule has 2 heterocycles. The molecule has 160 valence electrons. The maximum Gasteiger partial charge on any atom is 0.221 e. The number of benzene rings is 2. The smallest absolute Gasteiger partial charge is 0.221 e. The lowest BCUT2D eigenvalue weighted by Gasteiger charge is -2.36. The molecule has 2 saturated heterocycles. The quantitative estimate of drug-likeness (QED) is 0.784. The molecular weight excluding hydrogens is 370 g/mol. The summed E-state index contributed by atoms with van der Waals surface area (Å²) in [6, 6.07) is 21.3. The van der Waals surface area contributed by atoms with E-state index in [0.717, 1.165) is 39.0 Å². The number of nitrogens with zero attached hydrogens (tertiary/aromatic N) is 2. The molecule has 2 fully saturated rings. The number of carbonyl (C=O) groups excluding carboxylic acids is 1. The molecule has 30 heavy (non-hydrogen) atoms. The highest BCUT2D eigenvalue weighted by Crippen LogP contribution is 2.35. The van der Waals surface area contributed by atoms with Crippen molar-refractivity contribution < 1.29 is 4.79 Å². The van der Waals surface area contributed by atoms with E-state index in [1.807, 2.05) is 0 Å². The van der Waals surface area contributed by atoms with Crippen LogP contribution in [-0.2, 0) is 4.79 Å². The van der Waals surface area contributed by atoms with Crippen molar-refractivity contribution in [2.24, 2.45) is 23.5 Å². The minimum atomic E-state index is -0.102. The van der Waals surface area contributed by atoms with Crippen molar-refractivity contribution in [3.8, 4) is 0 Å². The fourth-order valence-electron chi connectivity index (χ4n) is 5.53. The second-order valence-corrected chi connectivity index (χ2v) is 9.00. The summed E-state index contributed by atoms with van der Waals surface area (Å²) in [5.41, 5.74) is 8.62. The summed E-state index contributed by atoms with van der Waals surface area (Å²) in [6.07, 6.45) is 6.90. The first-order chi connectivity index (χ1) is 14.7. The van der Waals surface area contributed by atoms with Crippen LogP contribution in [0, 0.1) is 17.8 Å². The Hall–Kier alpha value is -2.49. The van der Waals surface area contributed by atoms with Crippen LogP contribution >= 0.6 is 0 Å². The number of rotatable bonds is 5. The molecule has 4 heteroatoms. The zero-order chi connectivity index (χ0) is 20.8. The van der Waals surface area contributed by atoms with Crippen LogP contribution in [0.4, 0.5) is 11.4 Å². The van der Waals surface area contributed by atoms with Gasteiger partial charge in [0.2, 0.25) is 5.91 Å². The van der Waals surface area contributed by atoms with Gasteiger partial charge in [-0.3, -0.25) is 4.79 Å². The summed E-state index contributed by atoms with van der Waals surface area (Å²) in [4.78, 5) is 17.7. The summed E-state index contributed by atoms with van der Waals surface area (Å²) < 4.78 is 0. The third kappa shape index (κ3) is 4.97. The molecule has 0 aromatic heterocycles. The molecule has 2 aromatic carbocycles. The van der Waals surface area contributed by atoms with E-state index in [9.17, 15) is 4.79 Å². The number of hydrogen-bond acceptors (Lipinski definition) is 3. The molecule has 2 aromatic rings. The predicted octanol–water partition coefficient (Wildman–Crippen LogP) is 4.70. The second-order valence-electron chi connectivity index (χ2n) is 9.00. The molecule has 2 atom stereocenters. The maximum atomic E-state index is 12.8. The van der Waals surface area contributed by atoms with Crippen molar-refractivity contribution >= 4 is 17.3 Å². The van der Waals surface area contributed by atoms with Gasteiger partial charge in [-0.05, 0) is 61.8 Å². The molecule has 4 rings (SSSR count). The van der Waals surface area contributed by atoms with Crippen LogP contribution in [0.3, 0.4) is 0 Å². The molecule has 4 nitrogen and oxygen atoms in total. The van der Waals surface area contributed by atoms with Gasteiger partial charge < -0.3 is 15.5 Å². The fraction of sp³-hybridized carbons (Fsp3) is 0.500. The van der Waals surface area contributed by atoms with Crippen LogP contribution in [0.2, 0.25) is 0 Å². The van der Waals surface area contributed by atoms with E-state index in [2.05, 4.69) is 70.5 Å². The minimum Gasteiger partial charge on any atom is -0.371 e. The average Bonchev–Trinajstić information content (AvgIpc) is 3.17. The monoisotopic (exact) mass is 405 g/mol. The molecule has 0 bridgehead atoms. The average molecular weight is 406 g/mol. The van der Waals surface area contributed by atoms with E-state index in [4.69, 9.17) is 5.73 Å². The number of anilines is 2. The predicted molar refractivity (Wildman–Crippen MR) is 125 cm³/mol. The summed E-state index contributed by atoms with van der Waals surface area (Å²) >= 11 is 0. The summed E-state index contributed by atoms with van der Waals surface area (Å²) in [6.45, 7) is 3.98. The maximum absolute atomic E-state index is 12.8. The van der Waals surface area contributed by atoms with Crippen LogP contribution in [0.25, 0.3) is 0 Å². The van der Waals surface area contributed by atoms with Crippen LogP contribution in [0.1, 0.15) is 38.5 Å². The third-order valence-corrected chi connectivity index (χ3v) is 7.00. The number of primary amides is 1. The molecule has 2 N–H and O–H groups in total. The van der Waals surface area contributed by atoms with Gasteiger partial charge in [0.25, 0.3) is 0 Å². The topological polar surface area (TPSA) is 49.6 Å². The molecule has 0 radical (unpaired) electrons. The second kappa shape index (κ2) is 10.0. The Kier molecular flexibility index (Phi) is 6.93. The molecule has 0 aliphatic carbocycles. The van der Waals surface area contributed by atoms with Gasteiger partial charge in [-0.25, -0.2) is 0 Å². The van der Waals surface area contributed by atoms with Gasteiger partial charge in [0, 0.05) is 43.5 Å². The molecule has 0 spiro atoms. The van der Waals surface area contributed by atoms with Crippen LogP contribution < -0.4 is 15.5 Å². The first-order valence-electron chi connectivity index (χ1n) is 11.6. The van der Waals surface area contributed by atoms with Gasteiger partial charge in [-0.1, -0.05) is 49.2 Å². The van der Waals surface area contributed by atoms with Crippen molar-refractivity contribution in [2.75, 3.05) is 36.0 Å². The van der Waals surface area contributed by atoms with Crippen molar-refractivity contribution in [2.45, 2.75) is 38.5 Å². The van der Waals surface area contributed by atoms with Crippen molar-refractivity contribution in [1.29, 1.82) is 0 Å². The lowest BCUT2D eigenvalue weighted by molar-refractivity contribution is -0.125. The van der Waals surface area contributed by atoms with Crippen LogP contribution in [0.5, 0.6) is 0 Å². The van der Waals surface area contributed by atoms with E-state index in [1.54, 1.807) is 0 Å². The molecule has 1 amide bonds. The first kappa shape index (κ1) is 20.8. The highest BCUT2D eigenvalue weighted by atomic mass is 16.1. The van der Waals surface area contributed by atoms with Gasteiger partial charge in [0.05, 0.1) is 0 Å². The number of nitrogens with two attached hydrogens (primary N) is 1. The number of carbonyl (C=O) groups is 1. The summed E-state index contributed by atoms with van der Waals surface area (Å²) in [5, 5.41) is 0. The van der Waals surface area contributed by atoms with E-state index >= 15 is 0 Å². The normalized spacial score (nSPS) is 24.0. The Morgan fingerprint density at radius 3 is 1.57 bits per heavy atom. The van der Waals surface area contributed by atoms with Gasteiger partial charge in [-0.2, -0.15) is 0 Å². The molecule has 2 aliphatic heterocycles. The molecular formula is C26H35N3O. The Morgan fingerprint density at radius 1 is 0.733 bits per heavy atom. The minimum absolute atomic E-state index is 0.0568. The lowest BCUT2D eigenvalue weighted by atomic mass is 9.76. The summed E-state index contributed by atoms with van der Waals surface area (Å²) in [7, 11) is 0. The molecule has 0 saturated carbocycles. The Bertz CT molecular complexity index is 733. The van der Waals surface area contributed by atoms with E-state index in [-0.39, 0.29) is 11.8 Å². The standard InChI is InChI=1S/C26H35N3O/c27-26(30)25(21-11-7-9-17-28(19-21)23-13-3-1-4-14-23)22-12-8-10-18-29(20-22)24-15-5-2-6-16-24/h1-6,13-16,21-22,25H,7-12,17-20H2,(H2,27,30). The molecule has 2 unspecified atom stereocenters. The zero-order valence-corrected chi connectivity index (χ0v) is 18.0. The van der Waals surface area contributed by atoms with Crippen molar-refractivity contribution in [1.82, 2.24) is 0 Å². The Balaban J connectivity index is 1.55. The van der Waals surface area contributed by atoms with E-state index in [0.29, 0.717) is 11.8 Å².